The van der Waals surface area contributed by atoms with Crippen molar-refractivity contribution in [3.8, 4) is 0 Å². The van der Waals surface area contributed by atoms with Crippen molar-refractivity contribution in [1.29, 1.82) is 0 Å². The van der Waals surface area contributed by atoms with Gasteiger partial charge in [-0.25, -0.2) is 4.79 Å². The number of carbonyl (C=O) groups is 3. The molecule has 2 saturated heterocycles. The molecule has 118 valence electrons. The second-order valence-electron chi connectivity index (χ2n) is 5.59. The highest BCUT2D eigenvalue weighted by Gasteiger charge is 2.62. The van der Waals surface area contributed by atoms with E-state index in [-0.39, 0.29) is 6.61 Å². The maximum Gasteiger partial charge on any atom is 0.534 e. The molecular weight excluding hydrogens is 302 g/mol. The Hall–Kier alpha value is -2.67. The Morgan fingerprint density at radius 1 is 1.04 bits per heavy atom. The molecule has 0 N–H and O–H groups in total. The molecule has 1 aromatic rings. The number of nitrogens with zero attached hydrogens (tertiary/aromatic N) is 1. The molecule has 3 aliphatic heterocycles. The van der Waals surface area contributed by atoms with Crippen LogP contribution in [0.1, 0.15) is 5.56 Å². The highest BCUT2D eigenvalue weighted by molar-refractivity contribution is 6.06. The van der Waals surface area contributed by atoms with E-state index in [1.165, 1.54) is 0 Å². The molecule has 0 unspecified atom stereocenters. The van der Waals surface area contributed by atoms with Gasteiger partial charge in [-0.3, -0.25) is 14.4 Å². The molecule has 4 atom stereocenters. The molecule has 23 heavy (non-hydrogen) atoms. The van der Waals surface area contributed by atoms with Gasteiger partial charge in [0.1, 0.15) is 6.61 Å². The fraction of sp³-hybridized carbons (Fsp3) is 0.312. The van der Waals surface area contributed by atoms with Crippen LogP contribution >= 0.6 is 0 Å². The molecule has 2 fully saturated rings. The van der Waals surface area contributed by atoms with Gasteiger partial charge in [-0.05, 0) is 5.56 Å². The largest absolute Gasteiger partial charge is 0.534 e. The number of benzene rings is 1. The monoisotopic (exact) mass is 315 g/mol. The summed E-state index contributed by atoms with van der Waals surface area (Å²) in [6.07, 6.45) is 1.59. The van der Waals surface area contributed by atoms with Crippen LogP contribution in [0.15, 0.2) is 42.5 Å². The summed E-state index contributed by atoms with van der Waals surface area (Å²) in [5, 5.41) is 0.512. The van der Waals surface area contributed by atoms with E-state index < -0.39 is 42.0 Å². The van der Waals surface area contributed by atoms with Crippen molar-refractivity contribution < 1.29 is 28.7 Å². The molecule has 0 aromatic heterocycles. The van der Waals surface area contributed by atoms with Crippen LogP contribution in [0.4, 0.5) is 4.79 Å². The normalized spacial score (nSPS) is 30.7. The Bertz CT molecular complexity index is 670. The number of carbonyl (C=O) groups excluding carboxylic acids is 3. The minimum atomic E-state index is -1.09. The first-order valence-electron chi connectivity index (χ1n) is 7.25. The van der Waals surface area contributed by atoms with Gasteiger partial charge in [0.2, 0.25) is 0 Å². The van der Waals surface area contributed by atoms with Crippen molar-refractivity contribution in [2.45, 2.75) is 18.8 Å². The summed E-state index contributed by atoms with van der Waals surface area (Å²) in [6, 6.07) is 9.02. The molecule has 7 heteroatoms. The van der Waals surface area contributed by atoms with Crippen molar-refractivity contribution >= 4 is 18.0 Å². The van der Waals surface area contributed by atoms with E-state index in [1.807, 2.05) is 18.2 Å². The van der Waals surface area contributed by atoms with Gasteiger partial charge in [-0.2, -0.15) is 0 Å². The molecule has 3 aliphatic rings. The predicted molar refractivity (Wildman–Crippen MR) is 74.3 cm³/mol. The summed E-state index contributed by atoms with van der Waals surface area (Å²) in [6.45, 7) is -0.00132. The Morgan fingerprint density at radius 2 is 1.65 bits per heavy atom. The molecule has 0 spiro atoms. The molecule has 2 amide bonds. The SMILES string of the molecule is O=C(OCc1ccccc1)ON1C(=O)[C@@H]2[C@@H](C1=O)[C@H]1C=C[C@H]2O1. The molecular formula is C16H13NO6. The summed E-state index contributed by atoms with van der Waals surface area (Å²) < 4.78 is 10.4. The van der Waals surface area contributed by atoms with E-state index in [0.717, 1.165) is 5.56 Å². The van der Waals surface area contributed by atoms with Gasteiger partial charge in [0.05, 0.1) is 24.0 Å². The van der Waals surface area contributed by atoms with Gasteiger partial charge in [0.15, 0.2) is 0 Å². The summed E-state index contributed by atoms with van der Waals surface area (Å²) in [4.78, 5) is 41.0. The Morgan fingerprint density at radius 3 is 2.26 bits per heavy atom. The van der Waals surface area contributed by atoms with Crippen LogP contribution < -0.4 is 0 Å². The first-order valence-corrected chi connectivity index (χ1v) is 7.25. The van der Waals surface area contributed by atoms with Gasteiger partial charge in [0.25, 0.3) is 11.8 Å². The molecule has 4 rings (SSSR count). The van der Waals surface area contributed by atoms with Gasteiger partial charge < -0.3 is 9.47 Å². The molecule has 7 nitrogen and oxygen atoms in total. The third-order valence-electron chi connectivity index (χ3n) is 4.24. The number of hydrogen-bond donors (Lipinski definition) is 0. The van der Waals surface area contributed by atoms with Gasteiger partial charge >= 0.3 is 6.16 Å². The molecule has 1 aromatic carbocycles. The standard InChI is InChI=1S/C16H13NO6/c18-14-12-10-6-7-11(22-10)13(12)15(19)17(14)23-16(20)21-8-9-4-2-1-3-5-9/h1-7,10-13H,8H2/t10-,11-,12+,13+/m1/s1. The minimum Gasteiger partial charge on any atom is -0.428 e. The number of imide groups is 1. The van der Waals surface area contributed by atoms with Crippen molar-refractivity contribution in [2.24, 2.45) is 11.8 Å². The van der Waals surface area contributed by atoms with Gasteiger partial charge in [-0.15, -0.1) is 0 Å². The van der Waals surface area contributed by atoms with E-state index in [1.54, 1.807) is 24.3 Å². The van der Waals surface area contributed by atoms with Crippen LogP contribution in [-0.4, -0.2) is 35.2 Å². The van der Waals surface area contributed by atoms with E-state index in [9.17, 15) is 14.4 Å². The lowest BCUT2D eigenvalue weighted by Crippen LogP contribution is -2.36. The fourth-order valence-corrected chi connectivity index (χ4v) is 3.18. The van der Waals surface area contributed by atoms with E-state index >= 15 is 0 Å². The van der Waals surface area contributed by atoms with Crippen molar-refractivity contribution in [1.82, 2.24) is 5.06 Å². The Balaban J connectivity index is 1.39. The number of rotatable bonds is 3. The third kappa shape index (κ3) is 2.20. The highest BCUT2D eigenvalue weighted by Crippen LogP contribution is 2.45. The second-order valence-corrected chi connectivity index (χ2v) is 5.59. The highest BCUT2D eigenvalue weighted by atomic mass is 16.8. The van der Waals surface area contributed by atoms with E-state index in [2.05, 4.69) is 0 Å². The van der Waals surface area contributed by atoms with Gasteiger partial charge in [-0.1, -0.05) is 47.5 Å². The van der Waals surface area contributed by atoms with Crippen LogP contribution in [0.5, 0.6) is 0 Å². The van der Waals surface area contributed by atoms with Gasteiger partial charge in [0, 0.05) is 0 Å². The van der Waals surface area contributed by atoms with Crippen LogP contribution in [0, 0.1) is 11.8 Å². The van der Waals surface area contributed by atoms with Crippen molar-refractivity contribution in [3.05, 3.63) is 48.0 Å². The summed E-state index contributed by atoms with van der Waals surface area (Å²) >= 11 is 0. The minimum absolute atomic E-state index is 0.00132. The zero-order valence-electron chi connectivity index (χ0n) is 12.0. The quantitative estimate of drug-likeness (QED) is 0.473. The van der Waals surface area contributed by atoms with Crippen LogP contribution in [0.3, 0.4) is 0 Å². The maximum atomic E-state index is 12.3. The topological polar surface area (TPSA) is 82.1 Å². The first-order chi connectivity index (χ1) is 11.1. The zero-order valence-corrected chi connectivity index (χ0v) is 12.0. The third-order valence-corrected chi connectivity index (χ3v) is 4.24. The maximum absolute atomic E-state index is 12.3. The molecule has 3 heterocycles. The Kier molecular flexibility index (Phi) is 3.16. The van der Waals surface area contributed by atoms with Crippen molar-refractivity contribution in [2.75, 3.05) is 0 Å². The van der Waals surface area contributed by atoms with E-state index in [0.29, 0.717) is 5.06 Å². The van der Waals surface area contributed by atoms with Crippen LogP contribution in [0.2, 0.25) is 0 Å². The molecule has 2 bridgehead atoms. The lowest BCUT2D eigenvalue weighted by atomic mass is 9.85. The molecule has 0 radical (unpaired) electrons. The summed E-state index contributed by atoms with van der Waals surface area (Å²) in [5.41, 5.74) is 0.774. The number of hydrogen-bond acceptors (Lipinski definition) is 6. The lowest BCUT2D eigenvalue weighted by molar-refractivity contribution is -0.181. The zero-order chi connectivity index (χ0) is 16.0. The second kappa shape index (κ2) is 5.20. The fourth-order valence-electron chi connectivity index (χ4n) is 3.18. The Labute approximate surface area is 131 Å². The number of amides is 2. The summed E-state index contributed by atoms with van der Waals surface area (Å²) in [7, 11) is 0. The average molecular weight is 315 g/mol. The number of fused-ring (bicyclic) bond motifs is 5. The lowest BCUT2D eigenvalue weighted by Gasteiger charge is -2.15. The summed E-state index contributed by atoms with van der Waals surface area (Å²) in [5.74, 6) is -2.35. The smallest absolute Gasteiger partial charge is 0.428 e. The molecule has 0 saturated carbocycles. The van der Waals surface area contributed by atoms with Crippen molar-refractivity contribution in [3.63, 3.8) is 0 Å². The molecule has 0 aliphatic carbocycles. The van der Waals surface area contributed by atoms with Crippen LogP contribution in [-0.2, 0) is 30.5 Å². The van der Waals surface area contributed by atoms with Crippen LogP contribution in [0.25, 0.3) is 0 Å². The average Bonchev–Trinajstić information content (AvgIpc) is 3.24. The number of hydroxylamine groups is 2. The predicted octanol–water partition coefficient (Wildman–Crippen LogP) is 1.19. The number of ether oxygens (including phenoxy) is 2. The first kappa shape index (κ1) is 14.0. The van der Waals surface area contributed by atoms with E-state index in [4.69, 9.17) is 14.3 Å².